The standard InChI is InChI=1S/C18H14F5NO3/c19-13-6-3-7-14(20)11(13)9-16(25)24-15(17(26)27)8-10-4-1-2-5-12(10)18(21,22)23/h1-7,15H,8-9H2,(H,24,25)(H,26,27)/t15-/m1/s1. The number of carbonyl (C=O) groups is 2. The van der Waals surface area contributed by atoms with E-state index in [0.717, 1.165) is 36.4 Å². The molecule has 0 bridgehead atoms. The van der Waals surface area contributed by atoms with Crippen molar-refractivity contribution in [2.45, 2.75) is 25.1 Å². The highest BCUT2D eigenvalue weighted by Gasteiger charge is 2.34. The number of carboxylic acid groups (broad SMARTS) is 1. The fourth-order valence-corrected chi connectivity index (χ4v) is 2.50. The zero-order valence-electron chi connectivity index (χ0n) is 13.7. The molecule has 144 valence electrons. The number of aliphatic carboxylic acids is 1. The molecule has 9 heteroatoms. The molecular weight excluding hydrogens is 373 g/mol. The number of carboxylic acids is 1. The maximum Gasteiger partial charge on any atom is 0.416 e. The second-order valence-electron chi connectivity index (χ2n) is 5.69. The van der Waals surface area contributed by atoms with Gasteiger partial charge in [-0.2, -0.15) is 13.2 Å². The molecule has 0 aromatic heterocycles. The predicted molar refractivity (Wildman–Crippen MR) is 84.8 cm³/mol. The topological polar surface area (TPSA) is 66.4 Å². The Bertz CT molecular complexity index is 831. The van der Waals surface area contributed by atoms with Crippen LogP contribution in [0.1, 0.15) is 16.7 Å². The van der Waals surface area contributed by atoms with E-state index in [0.29, 0.717) is 0 Å². The number of rotatable bonds is 6. The van der Waals surface area contributed by atoms with Gasteiger partial charge in [0.1, 0.15) is 17.7 Å². The Morgan fingerprint density at radius 1 is 1.00 bits per heavy atom. The maximum absolute atomic E-state index is 13.6. The highest BCUT2D eigenvalue weighted by Crippen LogP contribution is 2.32. The van der Waals surface area contributed by atoms with Crippen LogP contribution in [-0.4, -0.2) is 23.0 Å². The summed E-state index contributed by atoms with van der Waals surface area (Å²) in [6, 6.07) is 5.62. The molecule has 0 fully saturated rings. The molecule has 0 aliphatic rings. The Hall–Kier alpha value is -2.97. The highest BCUT2D eigenvalue weighted by atomic mass is 19.4. The smallest absolute Gasteiger partial charge is 0.416 e. The number of alkyl halides is 3. The average Bonchev–Trinajstić information content (AvgIpc) is 2.57. The number of hydrogen-bond donors (Lipinski definition) is 2. The van der Waals surface area contributed by atoms with Gasteiger partial charge < -0.3 is 10.4 Å². The molecule has 1 amide bonds. The highest BCUT2D eigenvalue weighted by molar-refractivity contribution is 5.85. The van der Waals surface area contributed by atoms with Gasteiger partial charge >= 0.3 is 12.1 Å². The number of carbonyl (C=O) groups excluding carboxylic acids is 1. The molecule has 0 saturated carbocycles. The van der Waals surface area contributed by atoms with Crippen molar-refractivity contribution in [3.8, 4) is 0 Å². The molecule has 0 aliphatic heterocycles. The third kappa shape index (κ3) is 5.25. The molecular formula is C18H14F5NO3. The summed E-state index contributed by atoms with van der Waals surface area (Å²) in [4.78, 5) is 23.3. The van der Waals surface area contributed by atoms with Crippen molar-refractivity contribution >= 4 is 11.9 Å². The molecule has 0 saturated heterocycles. The van der Waals surface area contributed by atoms with Gasteiger partial charge in [0.05, 0.1) is 12.0 Å². The second kappa shape index (κ2) is 8.15. The van der Waals surface area contributed by atoms with Crippen LogP contribution in [0.2, 0.25) is 0 Å². The van der Waals surface area contributed by atoms with Crippen molar-refractivity contribution in [3.63, 3.8) is 0 Å². The number of amides is 1. The van der Waals surface area contributed by atoms with Gasteiger partial charge in [0.2, 0.25) is 5.91 Å². The molecule has 0 aliphatic carbocycles. The predicted octanol–water partition coefficient (Wildman–Crippen LogP) is 3.34. The summed E-state index contributed by atoms with van der Waals surface area (Å²) >= 11 is 0. The van der Waals surface area contributed by atoms with Gasteiger partial charge in [0, 0.05) is 12.0 Å². The van der Waals surface area contributed by atoms with Crippen LogP contribution in [0.15, 0.2) is 42.5 Å². The van der Waals surface area contributed by atoms with Crippen molar-refractivity contribution < 1.29 is 36.6 Å². The molecule has 0 radical (unpaired) electrons. The summed E-state index contributed by atoms with van der Waals surface area (Å²) < 4.78 is 66.2. The number of nitrogens with one attached hydrogen (secondary N) is 1. The van der Waals surface area contributed by atoms with Gasteiger partial charge in [-0.3, -0.25) is 4.79 Å². The Labute approximate surface area is 150 Å². The van der Waals surface area contributed by atoms with Crippen molar-refractivity contribution in [2.24, 2.45) is 0 Å². The zero-order valence-corrected chi connectivity index (χ0v) is 13.7. The number of halogens is 5. The van der Waals surface area contributed by atoms with E-state index in [9.17, 15) is 36.6 Å². The van der Waals surface area contributed by atoms with Crippen LogP contribution in [0, 0.1) is 11.6 Å². The normalized spacial score (nSPS) is 12.5. The van der Waals surface area contributed by atoms with E-state index < -0.39 is 59.7 Å². The average molecular weight is 387 g/mol. The summed E-state index contributed by atoms with van der Waals surface area (Å²) in [5.41, 5.74) is -1.91. The van der Waals surface area contributed by atoms with Gasteiger partial charge in [0.25, 0.3) is 0 Å². The van der Waals surface area contributed by atoms with E-state index in [1.54, 1.807) is 0 Å². The van der Waals surface area contributed by atoms with Gasteiger partial charge in [-0.1, -0.05) is 24.3 Å². The van der Waals surface area contributed by atoms with Crippen LogP contribution in [-0.2, 0) is 28.6 Å². The lowest BCUT2D eigenvalue weighted by Crippen LogP contribution is -2.43. The third-order valence-electron chi connectivity index (χ3n) is 3.78. The minimum absolute atomic E-state index is 0.324. The molecule has 4 nitrogen and oxygen atoms in total. The fourth-order valence-electron chi connectivity index (χ4n) is 2.50. The minimum Gasteiger partial charge on any atom is -0.480 e. The van der Waals surface area contributed by atoms with Crippen molar-refractivity contribution in [2.75, 3.05) is 0 Å². The van der Waals surface area contributed by atoms with Gasteiger partial charge in [-0.15, -0.1) is 0 Å². The molecule has 2 N–H and O–H groups in total. The zero-order chi connectivity index (χ0) is 20.2. The molecule has 27 heavy (non-hydrogen) atoms. The summed E-state index contributed by atoms with van der Waals surface area (Å²) in [6.07, 6.45) is -6.13. The molecule has 0 heterocycles. The lowest BCUT2D eigenvalue weighted by molar-refractivity contribution is -0.142. The molecule has 0 unspecified atom stereocenters. The quantitative estimate of drug-likeness (QED) is 0.748. The molecule has 2 aromatic rings. The van der Waals surface area contributed by atoms with Crippen LogP contribution >= 0.6 is 0 Å². The SMILES string of the molecule is O=C(Cc1c(F)cccc1F)N[C@H](Cc1ccccc1C(F)(F)F)C(=O)O. The Balaban J connectivity index is 2.18. The van der Waals surface area contributed by atoms with E-state index >= 15 is 0 Å². The molecule has 2 rings (SSSR count). The van der Waals surface area contributed by atoms with Crippen molar-refractivity contribution in [1.29, 1.82) is 0 Å². The summed E-state index contributed by atoms with van der Waals surface area (Å²) in [6.45, 7) is 0. The van der Waals surface area contributed by atoms with E-state index in [-0.39, 0.29) is 5.56 Å². The van der Waals surface area contributed by atoms with Gasteiger partial charge in [-0.25, -0.2) is 13.6 Å². The first-order valence-corrected chi connectivity index (χ1v) is 7.69. The Morgan fingerprint density at radius 3 is 2.15 bits per heavy atom. The lowest BCUT2D eigenvalue weighted by atomic mass is 9.99. The van der Waals surface area contributed by atoms with Crippen molar-refractivity contribution in [1.82, 2.24) is 5.32 Å². The lowest BCUT2D eigenvalue weighted by Gasteiger charge is -2.18. The first-order valence-electron chi connectivity index (χ1n) is 7.69. The summed E-state index contributed by atoms with van der Waals surface area (Å²) in [7, 11) is 0. The van der Waals surface area contributed by atoms with Gasteiger partial charge in [0.15, 0.2) is 0 Å². The Kier molecular flexibility index (Phi) is 6.14. The molecule has 1 atom stereocenters. The summed E-state index contributed by atoms with van der Waals surface area (Å²) in [5, 5.41) is 11.2. The fraction of sp³-hybridized carbons (Fsp3) is 0.222. The molecule has 2 aromatic carbocycles. The van der Waals surface area contributed by atoms with Crippen LogP contribution in [0.4, 0.5) is 22.0 Å². The van der Waals surface area contributed by atoms with E-state index in [1.165, 1.54) is 6.07 Å². The number of benzene rings is 2. The van der Waals surface area contributed by atoms with E-state index in [4.69, 9.17) is 0 Å². The first kappa shape index (κ1) is 20.3. The van der Waals surface area contributed by atoms with Crippen LogP contribution in [0.5, 0.6) is 0 Å². The minimum atomic E-state index is -4.69. The second-order valence-corrected chi connectivity index (χ2v) is 5.69. The van der Waals surface area contributed by atoms with Gasteiger partial charge in [-0.05, 0) is 23.8 Å². The van der Waals surface area contributed by atoms with E-state index in [2.05, 4.69) is 0 Å². The first-order chi connectivity index (χ1) is 12.6. The monoisotopic (exact) mass is 387 g/mol. The largest absolute Gasteiger partial charge is 0.480 e. The van der Waals surface area contributed by atoms with Crippen molar-refractivity contribution in [3.05, 3.63) is 70.8 Å². The van der Waals surface area contributed by atoms with Crippen LogP contribution in [0.3, 0.4) is 0 Å². The van der Waals surface area contributed by atoms with Crippen LogP contribution < -0.4 is 5.32 Å². The maximum atomic E-state index is 13.6. The summed E-state index contributed by atoms with van der Waals surface area (Å²) in [5.74, 6) is -4.58. The van der Waals surface area contributed by atoms with Crippen LogP contribution in [0.25, 0.3) is 0 Å². The molecule has 0 spiro atoms. The Morgan fingerprint density at radius 2 is 1.59 bits per heavy atom. The number of hydrogen-bond acceptors (Lipinski definition) is 2. The third-order valence-corrected chi connectivity index (χ3v) is 3.78. The van der Waals surface area contributed by atoms with E-state index in [1.807, 2.05) is 5.32 Å².